The first-order valence-corrected chi connectivity index (χ1v) is 8.23. The fourth-order valence-electron chi connectivity index (χ4n) is 2.73. The maximum Gasteiger partial charge on any atom is 0.241 e. The molecule has 1 amide bonds. The molecule has 24 heavy (non-hydrogen) atoms. The van der Waals surface area contributed by atoms with Gasteiger partial charge in [-0.2, -0.15) is 0 Å². The summed E-state index contributed by atoms with van der Waals surface area (Å²) in [4.78, 5) is 14.3. The van der Waals surface area contributed by atoms with Gasteiger partial charge in [-0.3, -0.25) is 9.69 Å². The van der Waals surface area contributed by atoms with Gasteiger partial charge >= 0.3 is 0 Å². The van der Waals surface area contributed by atoms with E-state index in [4.69, 9.17) is 9.84 Å². The van der Waals surface area contributed by atoms with Crippen LogP contribution in [0.25, 0.3) is 0 Å². The second kappa shape index (κ2) is 9.05. The average molecular weight is 342 g/mol. The molecule has 0 saturated carbocycles. The van der Waals surface area contributed by atoms with Crippen molar-refractivity contribution in [3.05, 3.63) is 29.8 Å². The van der Waals surface area contributed by atoms with Crippen LogP contribution in [0.5, 0.6) is 0 Å². The summed E-state index contributed by atoms with van der Waals surface area (Å²) >= 11 is 0. The van der Waals surface area contributed by atoms with Gasteiger partial charge in [0, 0.05) is 38.1 Å². The Hall–Kier alpha value is -1.57. The quantitative estimate of drug-likeness (QED) is 0.746. The van der Waals surface area contributed by atoms with E-state index >= 15 is 0 Å². The molecular formula is C17H24F2N2O3. The third-order valence-corrected chi connectivity index (χ3v) is 4.25. The lowest BCUT2D eigenvalue weighted by Gasteiger charge is -2.35. The molecular weight excluding hydrogens is 318 g/mol. The maximum absolute atomic E-state index is 13.2. The number of halogens is 2. The molecule has 2 N–H and O–H groups in total. The fourth-order valence-corrected chi connectivity index (χ4v) is 2.73. The lowest BCUT2D eigenvalue weighted by atomic mass is 10.1. The van der Waals surface area contributed by atoms with E-state index < -0.39 is 11.6 Å². The number of piperidine rings is 1. The van der Waals surface area contributed by atoms with Crippen LogP contribution >= 0.6 is 0 Å². The summed E-state index contributed by atoms with van der Waals surface area (Å²) in [6, 6.07) is 2.94. The molecule has 0 bridgehead atoms. The van der Waals surface area contributed by atoms with Gasteiger partial charge in [0.05, 0.1) is 12.1 Å². The van der Waals surface area contributed by atoms with Crippen molar-refractivity contribution in [1.29, 1.82) is 0 Å². The van der Waals surface area contributed by atoms with Gasteiger partial charge < -0.3 is 15.2 Å². The second-order valence-corrected chi connectivity index (χ2v) is 5.98. The van der Waals surface area contributed by atoms with Crippen LogP contribution in [0.3, 0.4) is 0 Å². The number of nitrogens with zero attached hydrogens (tertiary/aromatic N) is 1. The first-order valence-electron chi connectivity index (χ1n) is 8.23. The van der Waals surface area contributed by atoms with E-state index in [0.717, 1.165) is 38.1 Å². The topological polar surface area (TPSA) is 61.8 Å². The minimum atomic E-state index is -0.985. The second-order valence-electron chi connectivity index (χ2n) is 5.98. The minimum absolute atomic E-state index is 0.125. The van der Waals surface area contributed by atoms with Gasteiger partial charge in [0.25, 0.3) is 0 Å². The predicted octanol–water partition coefficient (Wildman–Crippen LogP) is 2.16. The molecule has 5 nitrogen and oxygen atoms in total. The number of hydrogen-bond donors (Lipinski definition) is 2. The molecule has 1 aromatic rings. The molecule has 0 spiro atoms. The zero-order valence-electron chi connectivity index (χ0n) is 13.8. The van der Waals surface area contributed by atoms with E-state index in [1.54, 1.807) is 6.92 Å². The maximum atomic E-state index is 13.2. The first-order chi connectivity index (χ1) is 11.5. The fraction of sp³-hybridized carbons (Fsp3) is 0.588. The van der Waals surface area contributed by atoms with E-state index in [2.05, 4.69) is 5.32 Å². The number of nitrogens with one attached hydrogen (secondary N) is 1. The summed E-state index contributed by atoms with van der Waals surface area (Å²) in [7, 11) is 0. The molecule has 1 aliphatic heterocycles. The Morgan fingerprint density at radius 1 is 1.38 bits per heavy atom. The van der Waals surface area contributed by atoms with Gasteiger partial charge in [-0.05, 0) is 38.3 Å². The van der Waals surface area contributed by atoms with E-state index in [0.29, 0.717) is 13.0 Å². The number of ether oxygens (including phenoxy) is 1. The number of aliphatic hydroxyl groups is 1. The summed E-state index contributed by atoms with van der Waals surface area (Å²) in [6.07, 6.45) is 2.45. The molecule has 1 unspecified atom stereocenters. The molecule has 1 fully saturated rings. The van der Waals surface area contributed by atoms with E-state index in [-0.39, 0.29) is 30.3 Å². The van der Waals surface area contributed by atoms with Gasteiger partial charge in [-0.15, -0.1) is 0 Å². The highest BCUT2D eigenvalue weighted by Crippen LogP contribution is 2.18. The van der Waals surface area contributed by atoms with Crippen LogP contribution in [-0.4, -0.2) is 54.4 Å². The highest BCUT2D eigenvalue weighted by atomic mass is 19.2. The highest BCUT2D eigenvalue weighted by molar-refractivity contribution is 5.94. The monoisotopic (exact) mass is 342 g/mol. The Morgan fingerprint density at radius 3 is 2.71 bits per heavy atom. The zero-order chi connectivity index (χ0) is 17.5. The first kappa shape index (κ1) is 18.8. The van der Waals surface area contributed by atoms with Crippen molar-refractivity contribution in [2.75, 3.05) is 31.6 Å². The summed E-state index contributed by atoms with van der Waals surface area (Å²) < 4.78 is 31.8. The molecule has 1 saturated heterocycles. The Balaban J connectivity index is 1.80. The largest absolute Gasteiger partial charge is 0.396 e. The molecule has 1 aliphatic rings. The average Bonchev–Trinajstić information content (AvgIpc) is 2.58. The van der Waals surface area contributed by atoms with Gasteiger partial charge in [-0.25, -0.2) is 8.78 Å². The standard InChI is InChI=1S/C17H24F2N2O3/c1-12(17(23)20-13-3-4-15(18)16(19)11-13)21-7-5-14(6-8-21)24-10-2-9-22/h3-4,11-12,14,22H,2,5-10H2,1H3,(H,20,23). The normalized spacial score (nSPS) is 17.7. The van der Waals surface area contributed by atoms with Crippen molar-refractivity contribution in [1.82, 2.24) is 4.90 Å². The van der Waals surface area contributed by atoms with Gasteiger partial charge in [0.15, 0.2) is 11.6 Å². The number of carbonyl (C=O) groups excluding carboxylic acids is 1. The van der Waals surface area contributed by atoms with Crippen LogP contribution in [0.1, 0.15) is 26.2 Å². The number of benzene rings is 1. The molecule has 2 rings (SSSR count). The van der Waals surface area contributed by atoms with E-state index in [9.17, 15) is 13.6 Å². The lowest BCUT2D eigenvalue weighted by molar-refractivity contribution is -0.121. The van der Waals surface area contributed by atoms with Crippen LogP contribution < -0.4 is 5.32 Å². The van der Waals surface area contributed by atoms with E-state index in [1.807, 2.05) is 4.90 Å². The highest BCUT2D eigenvalue weighted by Gasteiger charge is 2.27. The van der Waals surface area contributed by atoms with Crippen LogP contribution in [0.15, 0.2) is 18.2 Å². The van der Waals surface area contributed by atoms with Crippen molar-refractivity contribution in [2.45, 2.75) is 38.3 Å². The molecule has 1 heterocycles. The molecule has 1 aromatic carbocycles. The smallest absolute Gasteiger partial charge is 0.241 e. The molecule has 1 atom stereocenters. The summed E-state index contributed by atoms with van der Waals surface area (Å²) in [5.74, 6) is -2.17. The summed E-state index contributed by atoms with van der Waals surface area (Å²) in [6.45, 7) is 3.93. The number of hydrogen-bond acceptors (Lipinski definition) is 4. The Bertz CT molecular complexity index is 549. The van der Waals surface area contributed by atoms with Gasteiger partial charge in [0.2, 0.25) is 5.91 Å². The van der Waals surface area contributed by atoms with Crippen molar-refractivity contribution < 1.29 is 23.4 Å². The molecule has 0 aromatic heterocycles. The number of carbonyl (C=O) groups is 1. The third kappa shape index (κ3) is 5.22. The Labute approximate surface area is 140 Å². The molecule has 0 radical (unpaired) electrons. The van der Waals surface area contributed by atoms with Crippen LogP contribution in [0.4, 0.5) is 14.5 Å². The van der Waals surface area contributed by atoms with Crippen LogP contribution in [0, 0.1) is 11.6 Å². The number of aliphatic hydroxyl groups excluding tert-OH is 1. The van der Waals surface area contributed by atoms with Gasteiger partial charge in [-0.1, -0.05) is 0 Å². The Kier molecular flexibility index (Phi) is 7.08. The molecule has 134 valence electrons. The van der Waals surface area contributed by atoms with Crippen molar-refractivity contribution >= 4 is 11.6 Å². The number of amides is 1. The SMILES string of the molecule is CC(C(=O)Nc1ccc(F)c(F)c1)N1CCC(OCCCO)CC1. The molecule has 0 aliphatic carbocycles. The summed E-state index contributed by atoms with van der Waals surface area (Å²) in [5.41, 5.74) is 0.243. The van der Waals surface area contributed by atoms with Crippen LogP contribution in [-0.2, 0) is 9.53 Å². The Morgan fingerprint density at radius 2 is 2.08 bits per heavy atom. The zero-order valence-corrected chi connectivity index (χ0v) is 13.8. The van der Waals surface area contributed by atoms with Crippen molar-refractivity contribution in [3.8, 4) is 0 Å². The minimum Gasteiger partial charge on any atom is -0.396 e. The molecule has 7 heteroatoms. The van der Waals surface area contributed by atoms with Crippen molar-refractivity contribution in [3.63, 3.8) is 0 Å². The van der Waals surface area contributed by atoms with Crippen molar-refractivity contribution in [2.24, 2.45) is 0 Å². The number of anilines is 1. The number of likely N-dealkylation sites (tertiary alicyclic amines) is 1. The van der Waals surface area contributed by atoms with Gasteiger partial charge in [0.1, 0.15) is 0 Å². The third-order valence-electron chi connectivity index (χ3n) is 4.25. The predicted molar refractivity (Wildman–Crippen MR) is 86.7 cm³/mol. The summed E-state index contributed by atoms with van der Waals surface area (Å²) in [5, 5.41) is 11.4. The number of rotatable bonds is 7. The lowest BCUT2D eigenvalue weighted by Crippen LogP contribution is -2.47. The van der Waals surface area contributed by atoms with Crippen LogP contribution in [0.2, 0.25) is 0 Å². The van der Waals surface area contributed by atoms with E-state index in [1.165, 1.54) is 6.07 Å².